The lowest BCUT2D eigenvalue weighted by Gasteiger charge is -2.33. The molecule has 3 aromatic rings. The molecule has 2 aliphatic rings. The SMILES string of the molecule is Cc1cn2nc([C@H](C)N(C)C(=O)C3(N)CCc4ccccc43)cc2nc1N1CC[C@H](N)C1. The summed E-state index contributed by atoms with van der Waals surface area (Å²) in [5.41, 5.74) is 16.5. The summed E-state index contributed by atoms with van der Waals surface area (Å²) in [5, 5.41) is 4.73. The number of rotatable bonds is 4. The fraction of sp³-hybridized carbons (Fsp3) is 0.458. The van der Waals surface area contributed by atoms with Crippen molar-refractivity contribution >= 4 is 17.4 Å². The Kier molecular flexibility index (Phi) is 4.94. The Bertz CT molecular complexity index is 1190. The van der Waals surface area contributed by atoms with Crippen LogP contribution in [-0.2, 0) is 16.8 Å². The maximum absolute atomic E-state index is 13.5. The van der Waals surface area contributed by atoms with Crippen LogP contribution in [0, 0.1) is 6.92 Å². The Morgan fingerprint density at radius 3 is 2.88 bits per heavy atom. The summed E-state index contributed by atoms with van der Waals surface area (Å²) >= 11 is 0. The van der Waals surface area contributed by atoms with Gasteiger partial charge in [-0.3, -0.25) is 4.79 Å². The van der Waals surface area contributed by atoms with Crippen molar-refractivity contribution < 1.29 is 4.79 Å². The number of aromatic nitrogens is 3. The predicted molar refractivity (Wildman–Crippen MR) is 124 cm³/mol. The molecular formula is C24H31N7O. The topological polar surface area (TPSA) is 106 Å². The fourth-order valence-electron chi connectivity index (χ4n) is 5.07. The number of carbonyl (C=O) groups excluding carboxylic acids is 1. The lowest BCUT2D eigenvalue weighted by atomic mass is 9.91. The minimum Gasteiger partial charge on any atom is -0.355 e. The van der Waals surface area contributed by atoms with Gasteiger partial charge >= 0.3 is 0 Å². The van der Waals surface area contributed by atoms with Gasteiger partial charge in [-0.2, -0.15) is 5.10 Å². The molecule has 1 saturated heterocycles. The number of amides is 1. The van der Waals surface area contributed by atoms with Gasteiger partial charge in [0.2, 0.25) is 5.91 Å². The summed E-state index contributed by atoms with van der Waals surface area (Å²) in [6, 6.07) is 9.89. The van der Waals surface area contributed by atoms with Gasteiger partial charge in [0.15, 0.2) is 5.65 Å². The van der Waals surface area contributed by atoms with Crippen molar-refractivity contribution in [3.8, 4) is 0 Å². The number of aryl methyl sites for hydroxylation is 2. The lowest BCUT2D eigenvalue weighted by Crippen LogP contribution is -2.51. The molecule has 8 nitrogen and oxygen atoms in total. The van der Waals surface area contributed by atoms with E-state index < -0.39 is 5.54 Å². The minimum atomic E-state index is -0.991. The zero-order valence-electron chi connectivity index (χ0n) is 19.0. The van der Waals surface area contributed by atoms with E-state index in [1.165, 1.54) is 0 Å². The van der Waals surface area contributed by atoms with Gasteiger partial charge < -0.3 is 21.3 Å². The van der Waals surface area contributed by atoms with Gasteiger partial charge in [0, 0.05) is 44.0 Å². The normalized spacial score (nSPS) is 23.5. The predicted octanol–water partition coefficient (Wildman–Crippen LogP) is 1.89. The van der Waals surface area contributed by atoms with Gasteiger partial charge in [-0.1, -0.05) is 24.3 Å². The second kappa shape index (κ2) is 7.56. The standard InChI is InChI=1S/C24H31N7O/c1-15-13-31-21(27-22(15)30-11-9-18(25)14-30)12-20(28-31)16(2)29(3)23(32)24(26)10-8-17-6-4-5-7-19(17)24/h4-7,12-13,16,18H,8-11,14,25-26H2,1-3H3/t16-,18-,24?/m0/s1. The average molecular weight is 434 g/mol. The maximum Gasteiger partial charge on any atom is 0.247 e. The Morgan fingerprint density at radius 1 is 1.34 bits per heavy atom. The molecule has 1 aliphatic heterocycles. The number of hydrogen-bond donors (Lipinski definition) is 2. The van der Waals surface area contributed by atoms with Crippen LogP contribution >= 0.6 is 0 Å². The molecule has 0 spiro atoms. The summed E-state index contributed by atoms with van der Waals surface area (Å²) in [5.74, 6) is 0.875. The quantitative estimate of drug-likeness (QED) is 0.651. The third kappa shape index (κ3) is 3.25. The van der Waals surface area contributed by atoms with E-state index in [1.54, 1.807) is 9.42 Å². The van der Waals surface area contributed by atoms with Crippen molar-refractivity contribution in [2.45, 2.75) is 50.7 Å². The molecule has 3 atom stereocenters. The molecule has 32 heavy (non-hydrogen) atoms. The summed E-state index contributed by atoms with van der Waals surface area (Å²) in [4.78, 5) is 22.3. The molecule has 5 rings (SSSR count). The first kappa shape index (κ1) is 20.9. The number of carbonyl (C=O) groups is 1. The Balaban J connectivity index is 1.42. The Morgan fingerprint density at radius 2 is 2.12 bits per heavy atom. The van der Waals surface area contributed by atoms with Crippen molar-refractivity contribution in [3.05, 3.63) is 58.9 Å². The van der Waals surface area contributed by atoms with Crippen LogP contribution in [0.15, 0.2) is 36.5 Å². The van der Waals surface area contributed by atoms with E-state index in [0.29, 0.717) is 6.42 Å². The van der Waals surface area contributed by atoms with E-state index >= 15 is 0 Å². The third-order valence-electron chi connectivity index (χ3n) is 7.15. The van der Waals surface area contributed by atoms with Crippen molar-refractivity contribution in [2.24, 2.45) is 11.5 Å². The number of nitrogens with two attached hydrogens (primary N) is 2. The summed E-state index contributed by atoms with van der Waals surface area (Å²) < 4.78 is 1.79. The second-order valence-corrected chi connectivity index (χ2v) is 9.33. The summed E-state index contributed by atoms with van der Waals surface area (Å²) in [7, 11) is 1.81. The molecule has 3 heterocycles. The van der Waals surface area contributed by atoms with Gasteiger partial charge in [0.1, 0.15) is 11.4 Å². The van der Waals surface area contributed by atoms with E-state index in [4.69, 9.17) is 21.5 Å². The molecule has 1 unspecified atom stereocenters. The highest BCUT2D eigenvalue weighted by atomic mass is 16.2. The molecule has 0 bridgehead atoms. The monoisotopic (exact) mass is 433 g/mol. The number of anilines is 1. The third-order valence-corrected chi connectivity index (χ3v) is 7.15. The largest absolute Gasteiger partial charge is 0.355 e. The molecule has 0 saturated carbocycles. The smallest absolute Gasteiger partial charge is 0.247 e. The van der Waals surface area contributed by atoms with Crippen molar-refractivity contribution in [1.29, 1.82) is 0 Å². The van der Waals surface area contributed by atoms with E-state index in [2.05, 4.69) is 11.0 Å². The maximum atomic E-state index is 13.5. The lowest BCUT2D eigenvalue weighted by molar-refractivity contribution is -0.138. The average Bonchev–Trinajstić information content (AvgIpc) is 3.49. The zero-order chi connectivity index (χ0) is 22.6. The number of likely N-dealkylation sites (N-methyl/N-ethyl adjacent to an activating group) is 1. The van der Waals surface area contributed by atoms with Crippen LogP contribution in [0.1, 0.15) is 48.2 Å². The first-order valence-electron chi connectivity index (χ1n) is 11.3. The van der Waals surface area contributed by atoms with Crippen LogP contribution in [0.2, 0.25) is 0 Å². The number of benzene rings is 1. The van der Waals surface area contributed by atoms with Crippen LogP contribution in [-0.4, -0.2) is 51.6 Å². The fourth-order valence-corrected chi connectivity index (χ4v) is 5.07. The molecule has 1 aromatic carbocycles. The van der Waals surface area contributed by atoms with Gasteiger partial charge in [0.25, 0.3) is 0 Å². The van der Waals surface area contributed by atoms with Crippen LogP contribution in [0.3, 0.4) is 0 Å². The number of hydrogen-bond acceptors (Lipinski definition) is 6. The van der Waals surface area contributed by atoms with Gasteiger partial charge in [-0.15, -0.1) is 0 Å². The molecular weight excluding hydrogens is 402 g/mol. The Labute approximate surface area is 188 Å². The summed E-state index contributed by atoms with van der Waals surface area (Å²) in [6.07, 6.45) is 4.42. The summed E-state index contributed by atoms with van der Waals surface area (Å²) in [6.45, 7) is 5.76. The number of fused-ring (bicyclic) bond motifs is 2. The van der Waals surface area contributed by atoms with Gasteiger partial charge in [0.05, 0.1) is 11.7 Å². The zero-order valence-corrected chi connectivity index (χ0v) is 19.0. The van der Waals surface area contributed by atoms with Crippen LogP contribution < -0.4 is 16.4 Å². The van der Waals surface area contributed by atoms with Crippen molar-refractivity contribution in [2.75, 3.05) is 25.0 Å². The van der Waals surface area contributed by atoms with Gasteiger partial charge in [-0.25, -0.2) is 9.50 Å². The molecule has 1 fully saturated rings. The first-order valence-corrected chi connectivity index (χ1v) is 11.3. The Hall–Kier alpha value is -2.97. The van der Waals surface area contributed by atoms with Crippen molar-refractivity contribution in [3.63, 3.8) is 0 Å². The molecule has 1 amide bonds. The van der Waals surface area contributed by atoms with Crippen LogP contribution in [0.25, 0.3) is 5.65 Å². The van der Waals surface area contributed by atoms with Crippen molar-refractivity contribution in [1.82, 2.24) is 19.5 Å². The minimum absolute atomic E-state index is 0.0807. The number of nitrogens with zero attached hydrogens (tertiary/aromatic N) is 5. The molecule has 1 aliphatic carbocycles. The van der Waals surface area contributed by atoms with Crippen LogP contribution in [0.5, 0.6) is 0 Å². The first-order chi connectivity index (χ1) is 15.3. The van der Waals surface area contributed by atoms with Gasteiger partial charge in [-0.05, 0) is 44.2 Å². The van der Waals surface area contributed by atoms with Crippen LogP contribution in [0.4, 0.5) is 5.82 Å². The molecule has 168 valence electrons. The molecule has 0 radical (unpaired) electrons. The van der Waals surface area contributed by atoms with E-state index in [1.807, 2.05) is 51.4 Å². The molecule has 2 aromatic heterocycles. The highest BCUT2D eigenvalue weighted by Crippen LogP contribution is 2.37. The van der Waals surface area contributed by atoms with E-state index in [9.17, 15) is 4.79 Å². The second-order valence-electron chi connectivity index (χ2n) is 9.33. The molecule has 4 N–H and O–H groups in total. The van der Waals surface area contributed by atoms with E-state index in [0.717, 1.165) is 59.8 Å². The molecule has 8 heteroatoms. The highest BCUT2D eigenvalue weighted by molar-refractivity contribution is 5.89. The van der Waals surface area contributed by atoms with E-state index in [-0.39, 0.29) is 18.0 Å². The highest BCUT2D eigenvalue weighted by Gasteiger charge is 2.44.